The monoisotopic (exact) mass is 676 g/mol. The highest BCUT2D eigenvalue weighted by atomic mass is 15.0. The Morgan fingerprint density at radius 3 is 2.00 bits per heavy atom. The van der Waals surface area contributed by atoms with Crippen LogP contribution in [0.3, 0.4) is 0 Å². The second-order valence-electron chi connectivity index (χ2n) is 13.9. The number of fused-ring (bicyclic) bond motifs is 10. The third-order valence-electron chi connectivity index (χ3n) is 10.8. The molecule has 0 radical (unpaired) electrons. The molecule has 0 bridgehead atoms. The Morgan fingerprint density at radius 2 is 1.17 bits per heavy atom. The van der Waals surface area contributed by atoms with Crippen molar-refractivity contribution in [2.75, 3.05) is 0 Å². The zero-order valence-corrected chi connectivity index (χ0v) is 29.7. The molecule has 10 aromatic rings. The van der Waals surface area contributed by atoms with Gasteiger partial charge in [0.15, 0.2) is 0 Å². The van der Waals surface area contributed by atoms with Gasteiger partial charge in [0.1, 0.15) is 5.65 Å². The van der Waals surface area contributed by atoms with Gasteiger partial charge >= 0.3 is 0 Å². The molecule has 53 heavy (non-hydrogen) atoms. The van der Waals surface area contributed by atoms with Gasteiger partial charge in [0.2, 0.25) is 0 Å². The topological polar surface area (TPSA) is 17.3 Å². The number of para-hydroxylation sites is 2. The molecule has 0 spiro atoms. The molecular formula is C51H36N2. The second kappa shape index (κ2) is 12.5. The van der Waals surface area contributed by atoms with Crippen molar-refractivity contribution >= 4 is 65.5 Å². The van der Waals surface area contributed by atoms with E-state index >= 15 is 0 Å². The summed E-state index contributed by atoms with van der Waals surface area (Å²) >= 11 is 0. The molecule has 0 saturated heterocycles. The molecule has 0 aliphatic heterocycles. The predicted octanol–water partition coefficient (Wildman–Crippen LogP) is 14.1. The van der Waals surface area contributed by atoms with Gasteiger partial charge < -0.3 is 0 Å². The van der Waals surface area contributed by atoms with E-state index in [0.29, 0.717) is 0 Å². The molecule has 2 aromatic heterocycles. The molecule has 0 atom stereocenters. The maximum atomic E-state index is 5.09. The minimum atomic E-state index is 0.996. The molecule has 2 nitrogen and oxygen atoms in total. The van der Waals surface area contributed by atoms with Crippen LogP contribution in [0.5, 0.6) is 0 Å². The molecule has 0 saturated carbocycles. The molecule has 8 aromatic carbocycles. The van der Waals surface area contributed by atoms with Crippen molar-refractivity contribution in [3.63, 3.8) is 0 Å². The van der Waals surface area contributed by atoms with Crippen molar-refractivity contribution < 1.29 is 0 Å². The summed E-state index contributed by atoms with van der Waals surface area (Å²) in [5, 5.41) is 8.58. The summed E-state index contributed by atoms with van der Waals surface area (Å²) in [6.07, 6.45) is 6.47. The van der Waals surface area contributed by atoms with Crippen LogP contribution in [0.15, 0.2) is 182 Å². The smallest absolute Gasteiger partial charge is 0.146 e. The van der Waals surface area contributed by atoms with E-state index in [9.17, 15) is 0 Å². The molecule has 0 unspecified atom stereocenters. The van der Waals surface area contributed by atoms with Crippen LogP contribution in [0.4, 0.5) is 0 Å². The molecule has 250 valence electrons. The average Bonchev–Trinajstić information content (AvgIpc) is 3.62. The maximum Gasteiger partial charge on any atom is 0.146 e. The molecule has 0 aliphatic carbocycles. The van der Waals surface area contributed by atoms with Crippen LogP contribution < -0.4 is 0 Å². The molecule has 0 fully saturated rings. The summed E-state index contributed by atoms with van der Waals surface area (Å²) in [7, 11) is 0. The van der Waals surface area contributed by atoms with Crippen molar-refractivity contribution in [1.29, 1.82) is 0 Å². The fraction of sp³-hybridized carbons (Fsp3) is 0.0392. The quantitative estimate of drug-likeness (QED) is 0.131. The fourth-order valence-corrected chi connectivity index (χ4v) is 8.24. The Kier molecular flexibility index (Phi) is 7.30. The minimum absolute atomic E-state index is 0.996. The average molecular weight is 677 g/mol. The third kappa shape index (κ3) is 5.06. The molecule has 2 heteroatoms. The van der Waals surface area contributed by atoms with Crippen LogP contribution in [0.1, 0.15) is 19.4 Å². The number of pyridine rings is 1. The highest BCUT2D eigenvalue weighted by Crippen LogP contribution is 2.43. The molecular weight excluding hydrogens is 641 g/mol. The van der Waals surface area contributed by atoms with Crippen LogP contribution in [-0.2, 0) is 0 Å². The van der Waals surface area contributed by atoms with Gasteiger partial charge in [-0.3, -0.25) is 4.40 Å². The highest BCUT2D eigenvalue weighted by Gasteiger charge is 2.19. The van der Waals surface area contributed by atoms with Gasteiger partial charge in [-0.05, 0) is 122 Å². The van der Waals surface area contributed by atoms with Gasteiger partial charge in [-0.25, -0.2) is 4.98 Å². The van der Waals surface area contributed by atoms with Crippen molar-refractivity contribution in [2.24, 2.45) is 0 Å². The van der Waals surface area contributed by atoms with E-state index in [4.69, 9.17) is 4.98 Å². The number of nitrogens with zero attached hydrogens (tertiary/aromatic N) is 2. The van der Waals surface area contributed by atoms with Gasteiger partial charge in [0.25, 0.3) is 0 Å². The van der Waals surface area contributed by atoms with Gasteiger partial charge in [-0.1, -0.05) is 146 Å². The van der Waals surface area contributed by atoms with E-state index in [0.717, 1.165) is 27.6 Å². The van der Waals surface area contributed by atoms with E-state index in [2.05, 4.69) is 200 Å². The first-order valence-electron chi connectivity index (χ1n) is 18.3. The van der Waals surface area contributed by atoms with Crippen LogP contribution in [0.25, 0.3) is 98.9 Å². The van der Waals surface area contributed by atoms with Gasteiger partial charge in [-0.15, -0.1) is 0 Å². The zero-order valence-electron chi connectivity index (χ0n) is 29.7. The van der Waals surface area contributed by atoms with Crippen molar-refractivity contribution in [3.05, 3.63) is 188 Å². The molecule has 0 amide bonds. The number of aromatic nitrogens is 2. The molecule has 2 heterocycles. The van der Waals surface area contributed by atoms with Crippen molar-refractivity contribution in [2.45, 2.75) is 13.8 Å². The Morgan fingerprint density at radius 1 is 0.509 bits per heavy atom. The van der Waals surface area contributed by atoms with E-state index in [1.807, 2.05) is 0 Å². The lowest BCUT2D eigenvalue weighted by Gasteiger charge is -2.19. The van der Waals surface area contributed by atoms with E-state index in [1.54, 1.807) is 0 Å². The lowest BCUT2D eigenvalue weighted by molar-refractivity contribution is 1.31. The Labute approximate surface area is 308 Å². The van der Waals surface area contributed by atoms with Crippen molar-refractivity contribution in [3.8, 4) is 33.4 Å². The van der Waals surface area contributed by atoms with Gasteiger partial charge in [0.05, 0.1) is 16.6 Å². The number of imidazole rings is 1. The third-order valence-corrected chi connectivity index (χ3v) is 10.8. The largest absolute Gasteiger partial charge is 0.292 e. The maximum absolute atomic E-state index is 5.09. The summed E-state index contributed by atoms with van der Waals surface area (Å²) in [6.45, 7) is 4.30. The minimum Gasteiger partial charge on any atom is -0.292 e. The summed E-state index contributed by atoms with van der Waals surface area (Å²) < 4.78 is 2.33. The number of hydrogen-bond donors (Lipinski definition) is 0. The van der Waals surface area contributed by atoms with E-state index < -0.39 is 0 Å². The second-order valence-corrected chi connectivity index (χ2v) is 13.9. The van der Waals surface area contributed by atoms with Crippen LogP contribution in [0.2, 0.25) is 0 Å². The molecule has 0 N–H and O–H groups in total. The van der Waals surface area contributed by atoms with Gasteiger partial charge in [0, 0.05) is 10.8 Å². The van der Waals surface area contributed by atoms with Crippen molar-refractivity contribution in [1.82, 2.24) is 9.38 Å². The first-order valence-corrected chi connectivity index (χ1v) is 18.3. The van der Waals surface area contributed by atoms with Crippen LogP contribution in [0, 0.1) is 0 Å². The molecule has 10 rings (SSSR count). The first kappa shape index (κ1) is 31.0. The Bertz CT molecular complexity index is 3120. The number of rotatable bonds is 5. The molecule has 0 aliphatic rings. The van der Waals surface area contributed by atoms with E-state index in [1.165, 1.54) is 76.8 Å². The summed E-state index contributed by atoms with van der Waals surface area (Å²) in [5.41, 5.74) is 14.1. The number of allylic oxidation sites excluding steroid dienone is 4. The summed E-state index contributed by atoms with van der Waals surface area (Å²) in [5.74, 6) is 0. The Balaban J connectivity index is 1.19. The Hall–Kier alpha value is -6.77. The van der Waals surface area contributed by atoms with Crippen LogP contribution >= 0.6 is 0 Å². The number of hydrogen-bond acceptors (Lipinski definition) is 1. The lowest BCUT2D eigenvalue weighted by atomic mass is 9.85. The highest BCUT2D eigenvalue weighted by molar-refractivity contribution is 6.16. The summed E-state index contributed by atoms with van der Waals surface area (Å²) in [6, 6.07) is 59.8. The zero-order chi connectivity index (χ0) is 35.5. The first-order chi connectivity index (χ1) is 26.2. The normalized spacial score (nSPS) is 12.4. The summed E-state index contributed by atoms with van der Waals surface area (Å²) in [4.78, 5) is 5.09. The number of benzene rings is 8. The lowest BCUT2D eigenvalue weighted by Crippen LogP contribution is -1.95. The SMILES string of the molecule is C/C=C\C=C(\C)c1cc(-c2ccc3c(c2)c2ccccc2c2nc4ccccc4n32)c2ccccc2c1-c1ccc(-c2ccc3ccccc3c2)cc1. The van der Waals surface area contributed by atoms with Crippen LogP contribution in [-0.4, -0.2) is 9.38 Å². The fourth-order valence-electron chi connectivity index (χ4n) is 8.24. The predicted molar refractivity (Wildman–Crippen MR) is 227 cm³/mol. The van der Waals surface area contributed by atoms with Gasteiger partial charge in [-0.2, -0.15) is 0 Å². The standard InChI is InChI=1S/C51H36N2/c1-3-4-13-33(2)44-32-45(39-28-29-48-46(31-39)41-17-8-10-19-43(41)51-52-47-20-11-12-21-49(47)53(48)51)40-16-7-9-18-42(40)50(44)36-25-22-35(23-26-36)38-27-24-34-14-5-6-15-37(34)30-38/h3-32H,1-2H3/b4-3-,33-13-. The van der Waals surface area contributed by atoms with E-state index in [-0.39, 0.29) is 0 Å².